The van der Waals surface area contributed by atoms with Gasteiger partial charge in [0.05, 0.1) is 6.54 Å². The van der Waals surface area contributed by atoms with E-state index in [1.165, 1.54) is 0 Å². The Balaban J connectivity index is 2.95. The minimum absolute atomic E-state index is 0.153. The molecule has 1 aromatic carbocycles. The number of rotatable bonds is 3. The van der Waals surface area contributed by atoms with Gasteiger partial charge >= 0.3 is 0 Å². The third-order valence-corrected chi connectivity index (χ3v) is 2.38. The Morgan fingerprint density at radius 2 is 1.93 bits per heavy atom. The van der Waals surface area contributed by atoms with Crippen molar-refractivity contribution in [3.05, 3.63) is 43.2 Å². The molecular weight excluding hydrogens is 314 g/mol. The Labute approximate surface area is 97.2 Å². The van der Waals surface area contributed by atoms with Gasteiger partial charge in [-0.2, -0.15) is 0 Å². The van der Waals surface area contributed by atoms with Gasteiger partial charge in [-0.3, -0.25) is 4.79 Å². The predicted octanol–water partition coefficient (Wildman–Crippen LogP) is 3.70. The van der Waals surface area contributed by atoms with Crippen LogP contribution in [0.25, 0.3) is 10.4 Å². The normalized spacial score (nSPS) is 9.29. The van der Waals surface area contributed by atoms with Gasteiger partial charge in [-0.05, 0) is 23.7 Å². The highest BCUT2D eigenvalue weighted by Gasteiger charge is 2.05. The lowest BCUT2D eigenvalue weighted by Crippen LogP contribution is -2.02. The number of hydrogen-bond acceptors (Lipinski definition) is 2. The zero-order valence-electron chi connectivity index (χ0n) is 6.94. The van der Waals surface area contributed by atoms with Crippen molar-refractivity contribution in [1.82, 2.24) is 0 Å². The first kappa shape index (κ1) is 11.2. The quantitative estimate of drug-likeness (QED) is 0.362. The van der Waals surface area contributed by atoms with E-state index in [-0.39, 0.29) is 12.3 Å². The zero-order valence-corrected chi connectivity index (χ0v) is 10.1. The molecule has 0 aliphatic rings. The van der Waals surface area contributed by atoms with Crippen molar-refractivity contribution in [1.29, 1.82) is 0 Å². The van der Waals surface area contributed by atoms with E-state index >= 15 is 0 Å². The molecule has 0 aromatic heterocycles. The molecule has 14 heavy (non-hydrogen) atoms. The zero-order chi connectivity index (χ0) is 10.6. The van der Waals surface area contributed by atoms with Gasteiger partial charge < -0.3 is 0 Å². The van der Waals surface area contributed by atoms with Gasteiger partial charge in [0.25, 0.3) is 0 Å². The van der Waals surface area contributed by atoms with E-state index in [2.05, 4.69) is 41.9 Å². The van der Waals surface area contributed by atoms with Gasteiger partial charge in [-0.25, -0.2) is 0 Å². The Kier molecular flexibility index (Phi) is 4.13. The highest BCUT2D eigenvalue weighted by Crippen LogP contribution is 2.20. The summed E-state index contributed by atoms with van der Waals surface area (Å²) >= 11 is 6.53. The van der Waals surface area contributed by atoms with Gasteiger partial charge in [0, 0.05) is 19.4 Å². The van der Waals surface area contributed by atoms with Crippen LogP contribution in [0, 0.1) is 0 Å². The summed E-state index contributed by atoms with van der Waals surface area (Å²) in [5.74, 6) is -0.204. The van der Waals surface area contributed by atoms with Crippen LogP contribution >= 0.6 is 31.9 Å². The molecule has 0 aliphatic heterocycles. The summed E-state index contributed by atoms with van der Waals surface area (Å²) in [6.45, 7) is -0.153. The second kappa shape index (κ2) is 5.14. The summed E-state index contributed by atoms with van der Waals surface area (Å²) in [6, 6.07) is 5.18. The summed E-state index contributed by atoms with van der Waals surface area (Å²) in [6.07, 6.45) is 0. The van der Waals surface area contributed by atoms with Crippen LogP contribution in [0.4, 0.5) is 0 Å². The third kappa shape index (κ3) is 3.14. The van der Waals surface area contributed by atoms with Crippen LogP contribution < -0.4 is 0 Å². The molecule has 0 amide bonds. The maximum atomic E-state index is 11.4. The molecule has 0 atom stereocenters. The van der Waals surface area contributed by atoms with Crippen LogP contribution in [0.15, 0.2) is 32.3 Å². The van der Waals surface area contributed by atoms with E-state index in [4.69, 9.17) is 5.53 Å². The largest absolute Gasteiger partial charge is 0.294 e. The molecule has 0 N–H and O–H groups in total. The molecule has 0 bridgehead atoms. The Morgan fingerprint density at radius 1 is 1.36 bits per heavy atom. The highest BCUT2D eigenvalue weighted by molar-refractivity contribution is 9.11. The average molecular weight is 319 g/mol. The number of ketones is 1. The van der Waals surface area contributed by atoms with E-state index in [1.807, 2.05) is 6.07 Å². The van der Waals surface area contributed by atoms with Crippen LogP contribution in [-0.4, -0.2) is 12.3 Å². The van der Waals surface area contributed by atoms with Crippen molar-refractivity contribution in [3.8, 4) is 0 Å². The molecule has 0 spiro atoms. The fourth-order valence-corrected chi connectivity index (χ4v) is 2.20. The second-order valence-corrected chi connectivity index (χ2v) is 4.30. The van der Waals surface area contributed by atoms with Gasteiger partial charge in [-0.1, -0.05) is 37.0 Å². The van der Waals surface area contributed by atoms with Crippen LogP contribution in [0.2, 0.25) is 0 Å². The number of Topliss-reactive ketones (excluding diaryl/α,β-unsaturated/α-hetero) is 1. The monoisotopic (exact) mass is 317 g/mol. The van der Waals surface area contributed by atoms with Gasteiger partial charge in [0.15, 0.2) is 5.78 Å². The topological polar surface area (TPSA) is 65.8 Å². The summed E-state index contributed by atoms with van der Waals surface area (Å²) in [5.41, 5.74) is 8.57. The number of carbonyl (C=O) groups is 1. The fourth-order valence-electron chi connectivity index (χ4n) is 0.902. The molecule has 0 saturated heterocycles. The minimum Gasteiger partial charge on any atom is -0.294 e. The van der Waals surface area contributed by atoms with Crippen LogP contribution in [0.1, 0.15) is 10.4 Å². The highest BCUT2D eigenvalue weighted by atomic mass is 79.9. The first-order chi connectivity index (χ1) is 6.63. The number of nitrogens with zero attached hydrogens (tertiary/aromatic N) is 3. The summed E-state index contributed by atoms with van der Waals surface area (Å²) < 4.78 is 1.60. The van der Waals surface area contributed by atoms with Gasteiger partial charge in [0.2, 0.25) is 0 Å². The number of benzene rings is 1. The fraction of sp³-hybridized carbons (Fsp3) is 0.125. The molecule has 72 valence electrons. The van der Waals surface area contributed by atoms with E-state index in [0.717, 1.165) is 8.95 Å². The molecule has 0 saturated carbocycles. The maximum Gasteiger partial charge on any atom is 0.168 e. The Hall–Kier alpha value is -0.840. The molecule has 0 radical (unpaired) electrons. The molecule has 1 rings (SSSR count). The maximum absolute atomic E-state index is 11.4. The van der Waals surface area contributed by atoms with Crippen molar-refractivity contribution >= 4 is 37.6 Å². The van der Waals surface area contributed by atoms with Gasteiger partial charge in [-0.15, -0.1) is 0 Å². The van der Waals surface area contributed by atoms with Crippen molar-refractivity contribution in [2.75, 3.05) is 6.54 Å². The van der Waals surface area contributed by atoms with Crippen molar-refractivity contribution in [2.24, 2.45) is 5.11 Å². The van der Waals surface area contributed by atoms with Crippen LogP contribution in [0.3, 0.4) is 0 Å². The molecule has 0 unspecified atom stereocenters. The first-order valence-corrected chi connectivity index (χ1v) is 5.22. The molecule has 4 nitrogen and oxygen atoms in total. The summed E-state index contributed by atoms with van der Waals surface area (Å²) in [4.78, 5) is 13.9. The molecule has 6 heteroatoms. The van der Waals surface area contributed by atoms with Crippen LogP contribution in [0.5, 0.6) is 0 Å². The van der Waals surface area contributed by atoms with Crippen molar-refractivity contribution < 1.29 is 4.79 Å². The Bertz CT molecular complexity index is 393. The molecule has 1 aromatic rings. The third-order valence-electron chi connectivity index (χ3n) is 1.46. The number of carbonyl (C=O) groups excluding carboxylic acids is 1. The SMILES string of the molecule is [N-]=[N+]=NCC(=O)c1cc(Br)cc(Br)c1. The van der Waals surface area contributed by atoms with Crippen LogP contribution in [-0.2, 0) is 0 Å². The molecule has 0 heterocycles. The minimum atomic E-state index is -0.204. The molecule has 0 fully saturated rings. The lowest BCUT2D eigenvalue weighted by atomic mass is 10.1. The first-order valence-electron chi connectivity index (χ1n) is 3.63. The summed E-state index contributed by atoms with van der Waals surface area (Å²) in [7, 11) is 0. The van der Waals surface area contributed by atoms with E-state index in [1.54, 1.807) is 12.1 Å². The molecule has 0 aliphatic carbocycles. The second-order valence-electron chi connectivity index (χ2n) is 2.47. The number of azide groups is 1. The summed E-state index contributed by atoms with van der Waals surface area (Å²) in [5, 5.41) is 3.21. The average Bonchev–Trinajstić information content (AvgIpc) is 2.12. The Morgan fingerprint density at radius 3 is 2.43 bits per heavy atom. The molecular formula is C8H5Br2N3O. The smallest absolute Gasteiger partial charge is 0.168 e. The van der Waals surface area contributed by atoms with Crippen molar-refractivity contribution in [2.45, 2.75) is 0 Å². The van der Waals surface area contributed by atoms with Gasteiger partial charge in [0.1, 0.15) is 0 Å². The lowest BCUT2D eigenvalue weighted by Gasteiger charge is -1.99. The number of hydrogen-bond donors (Lipinski definition) is 0. The van der Waals surface area contributed by atoms with E-state index < -0.39 is 0 Å². The standard InChI is InChI=1S/C8H5Br2N3O/c9-6-1-5(2-7(10)3-6)8(14)4-12-13-11/h1-3H,4H2. The number of halogens is 2. The lowest BCUT2D eigenvalue weighted by molar-refractivity contribution is 0.100. The van der Waals surface area contributed by atoms with E-state index in [0.29, 0.717) is 5.56 Å². The van der Waals surface area contributed by atoms with E-state index in [9.17, 15) is 4.79 Å². The predicted molar refractivity (Wildman–Crippen MR) is 60.2 cm³/mol. The van der Waals surface area contributed by atoms with Crippen molar-refractivity contribution in [3.63, 3.8) is 0 Å².